The third kappa shape index (κ3) is 4.77. The second kappa shape index (κ2) is 7.03. The van der Waals surface area contributed by atoms with Gasteiger partial charge in [0.05, 0.1) is 0 Å². The Labute approximate surface area is 71.5 Å². The molecule has 2 heteroatoms. The standard InChI is InChI=1S/C8H14BrN/c1-3-6-10(7-4-2)8-5-9/h3-4H,1-2,5-8H2. The lowest BCUT2D eigenvalue weighted by Gasteiger charge is -2.16. The van der Waals surface area contributed by atoms with Crippen LogP contribution >= 0.6 is 15.9 Å². The maximum atomic E-state index is 3.67. The van der Waals surface area contributed by atoms with Crippen molar-refractivity contribution in [3.8, 4) is 0 Å². The summed E-state index contributed by atoms with van der Waals surface area (Å²) in [7, 11) is 0. The molecule has 0 saturated heterocycles. The largest absolute Gasteiger partial charge is 0.295 e. The van der Waals surface area contributed by atoms with E-state index in [2.05, 4.69) is 34.0 Å². The van der Waals surface area contributed by atoms with E-state index < -0.39 is 0 Å². The van der Waals surface area contributed by atoms with Crippen molar-refractivity contribution in [1.29, 1.82) is 0 Å². The molecule has 0 bridgehead atoms. The van der Waals surface area contributed by atoms with E-state index in [9.17, 15) is 0 Å². The van der Waals surface area contributed by atoms with E-state index in [1.54, 1.807) is 0 Å². The van der Waals surface area contributed by atoms with E-state index in [0.717, 1.165) is 25.0 Å². The summed E-state index contributed by atoms with van der Waals surface area (Å²) in [5, 5.41) is 1.01. The first-order chi connectivity index (χ1) is 4.85. The van der Waals surface area contributed by atoms with Crippen molar-refractivity contribution in [3.05, 3.63) is 25.3 Å². The molecule has 0 aliphatic rings. The lowest BCUT2D eigenvalue weighted by atomic mass is 10.4. The lowest BCUT2D eigenvalue weighted by molar-refractivity contribution is 0.359. The molecule has 0 fully saturated rings. The van der Waals surface area contributed by atoms with Crippen LogP contribution in [0, 0.1) is 0 Å². The molecule has 0 aromatic carbocycles. The fourth-order valence-electron chi connectivity index (χ4n) is 0.742. The van der Waals surface area contributed by atoms with Crippen LogP contribution in [0.5, 0.6) is 0 Å². The molecule has 0 unspecified atom stereocenters. The number of rotatable bonds is 6. The van der Waals surface area contributed by atoms with Gasteiger partial charge in [0.1, 0.15) is 0 Å². The normalized spacial score (nSPS) is 9.80. The Morgan fingerprint density at radius 3 is 2.00 bits per heavy atom. The topological polar surface area (TPSA) is 3.24 Å². The van der Waals surface area contributed by atoms with Crippen molar-refractivity contribution in [2.24, 2.45) is 0 Å². The van der Waals surface area contributed by atoms with E-state index >= 15 is 0 Å². The van der Waals surface area contributed by atoms with Gasteiger partial charge in [-0.05, 0) is 0 Å². The van der Waals surface area contributed by atoms with Gasteiger partial charge < -0.3 is 0 Å². The van der Waals surface area contributed by atoms with E-state index in [-0.39, 0.29) is 0 Å². The number of hydrogen-bond acceptors (Lipinski definition) is 1. The predicted octanol–water partition coefficient (Wildman–Crippen LogP) is 2.06. The van der Waals surface area contributed by atoms with E-state index in [1.165, 1.54) is 0 Å². The second-order valence-electron chi connectivity index (χ2n) is 2.03. The maximum Gasteiger partial charge on any atom is 0.0164 e. The van der Waals surface area contributed by atoms with E-state index in [4.69, 9.17) is 0 Å². The van der Waals surface area contributed by atoms with Gasteiger partial charge in [-0.2, -0.15) is 0 Å². The highest BCUT2D eigenvalue weighted by Gasteiger charge is 1.96. The van der Waals surface area contributed by atoms with Gasteiger partial charge in [-0.15, -0.1) is 13.2 Å². The molecule has 0 aromatic heterocycles. The van der Waals surface area contributed by atoms with Crippen LogP contribution in [0.4, 0.5) is 0 Å². The van der Waals surface area contributed by atoms with Gasteiger partial charge in [-0.1, -0.05) is 28.1 Å². The second-order valence-corrected chi connectivity index (χ2v) is 2.82. The van der Waals surface area contributed by atoms with Crippen molar-refractivity contribution in [3.63, 3.8) is 0 Å². The first-order valence-electron chi connectivity index (χ1n) is 3.35. The Morgan fingerprint density at radius 2 is 1.70 bits per heavy atom. The maximum absolute atomic E-state index is 3.67. The van der Waals surface area contributed by atoms with Crippen LogP contribution < -0.4 is 0 Å². The molecule has 10 heavy (non-hydrogen) atoms. The zero-order valence-electron chi connectivity index (χ0n) is 6.22. The molecule has 0 heterocycles. The van der Waals surface area contributed by atoms with Gasteiger partial charge in [0, 0.05) is 25.0 Å². The molecule has 0 aliphatic heterocycles. The van der Waals surface area contributed by atoms with Crippen LogP contribution in [0.1, 0.15) is 0 Å². The SMILES string of the molecule is C=CCN(CC=C)CCBr. The van der Waals surface area contributed by atoms with Gasteiger partial charge in [0.15, 0.2) is 0 Å². The zero-order valence-corrected chi connectivity index (χ0v) is 7.81. The van der Waals surface area contributed by atoms with Crippen molar-refractivity contribution < 1.29 is 0 Å². The summed E-state index contributed by atoms with van der Waals surface area (Å²) >= 11 is 3.38. The van der Waals surface area contributed by atoms with Crippen LogP contribution in [-0.4, -0.2) is 29.9 Å². The first kappa shape index (κ1) is 9.92. The van der Waals surface area contributed by atoms with Gasteiger partial charge in [0.25, 0.3) is 0 Å². The highest BCUT2D eigenvalue weighted by molar-refractivity contribution is 9.09. The van der Waals surface area contributed by atoms with E-state index in [0.29, 0.717) is 0 Å². The number of alkyl halides is 1. The minimum Gasteiger partial charge on any atom is -0.295 e. The average molecular weight is 204 g/mol. The fraction of sp³-hybridized carbons (Fsp3) is 0.500. The van der Waals surface area contributed by atoms with Crippen LogP contribution in [-0.2, 0) is 0 Å². The van der Waals surface area contributed by atoms with Crippen LogP contribution in [0.2, 0.25) is 0 Å². The Bertz CT molecular complexity index is 91.4. The van der Waals surface area contributed by atoms with Crippen LogP contribution in [0.3, 0.4) is 0 Å². The molecular formula is C8H14BrN. The summed E-state index contributed by atoms with van der Waals surface area (Å²) in [5.74, 6) is 0. The minimum absolute atomic E-state index is 0.942. The lowest BCUT2D eigenvalue weighted by Crippen LogP contribution is -2.25. The van der Waals surface area contributed by atoms with E-state index in [1.807, 2.05) is 12.2 Å². The molecule has 0 N–H and O–H groups in total. The molecule has 58 valence electrons. The van der Waals surface area contributed by atoms with Crippen molar-refractivity contribution >= 4 is 15.9 Å². The summed E-state index contributed by atoms with van der Waals surface area (Å²) in [6.07, 6.45) is 3.82. The molecule has 0 aromatic rings. The Hall–Kier alpha value is -0.0800. The van der Waals surface area contributed by atoms with Gasteiger partial charge in [0.2, 0.25) is 0 Å². The van der Waals surface area contributed by atoms with Crippen LogP contribution in [0.15, 0.2) is 25.3 Å². The number of nitrogens with zero attached hydrogens (tertiary/aromatic N) is 1. The fourth-order valence-corrected chi connectivity index (χ4v) is 1.24. The predicted molar refractivity (Wildman–Crippen MR) is 50.6 cm³/mol. The Morgan fingerprint density at radius 1 is 1.20 bits per heavy atom. The van der Waals surface area contributed by atoms with Crippen molar-refractivity contribution in [2.45, 2.75) is 0 Å². The summed E-state index contributed by atoms with van der Waals surface area (Å²) in [5.41, 5.74) is 0. The third-order valence-electron chi connectivity index (χ3n) is 1.18. The zero-order chi connectivity index (χ0) is 7.82. The van der Waals surface area contributed by atoms with Gasteiger partial charge in [-0.3, -0.25) is 4.90 Å². The molecular weight excluding hydrogens is 190 g/mol. The molecule has 0 radical (unpaired) electrons. The molecule has 0 aliphatic carbocycles. The average Bonchev–Trinajstić information content (AvgIpc) is 1.90. The van der Waals surface area contributed by atoms with Gasteiger partial charge >= 0.3 is 0 Å². The highest BCUT2D eigenvalue weighted by Crippen LogP contribution is 1.91. The summed E-state index contributed by atoms with van der Waals surface area (Å²) in [6.45, 7) is 10.3. The quantitative estimate of drug-likeness (QED) is 0.472. The van der Waals surface area contributed by atoms with Gasteiger partial charge in [-0.25, -0.2) is 0 Å². The van der Waals surface area contributed by atoms with Crippen molar-refractivity contribution in [2.75, 3.05) is 25.0 Å². The summed E-state index contributed by atoms with van der Waals surface area (Å²) in [4.78, 5) is 2.26. The Kier molecular flexibility index (Phi) is 6.98. The smallest absolute Gasteiger partial charge is 0.0164 e. The molecule has 0 rings (SSSR count). The summed E-state index contributed by atoms with van der Waals surface area (Å²) < 4.78 is 0. The minimum atomic E-state index is 0.942. The number of hydrogen-bond donors (Lipinski definition) is 0. The molecule has 0 atom stereocenters. The first-order valence-corrected chi connectivity index (χ1v) is 4.47. The summed E-state index contributed by atoms with van der Waals surface area (Å²) in [6, 6.07) is 0. The van der Waals surface area contributed by atoms with Crippen LogP contribution in [0.25, 0.3) is 0 Å². The monoisotopic (exact) mass is 203 g/mol. The molecule has 0 amide bonds. The number of halogens is 1. The molecule has 0 saturated carbocycles. The highest BCUT2D eigenvalue weighted by atomic mass is 79.9. The molecule has 0 spiro atoms. The molecule has 1 nitrogen and oxygen atoms in total. The Balaban J connectivity index is 3.48. The van der Waals surface area contributed by atoms with Crippen molar-refractivity contribution in [1.82, 2.24) is 4.90 Å². The third-order valence-corrected chi connectivity index (χ3v) is 1.53.